The zero-order valence-electron chi connectivity index (χ0n) is 15.9. The first kappa shape index (κ1) is 17.9. The lowest BCUT2D eigenvalue weighted by Gasteiger charge is -2.11. The highest BCUT2D eigenvalue weighted by Gasteiger charge is 2.15. The first-order valence-electron chi connectivity index (χ1n) is 9.51. The van der Waals surface area contributed by atoms with Crippen molar-refractivity contribution in [1.29, 1.82) is 0 Å². The van der Waals surface area contributed by atoms with Gasteiger partial charge in [-0.25, -0.2) is 0 Å². The number of aromatic nitrogens is 2. The number of fused-ring (bicyclic) bond motifs is 1. The van der Waals surface area contributed by atoms with Crippen molar-refractivity contribution in [3.63, 3.8) is 0 Å². The molecule has 146 valence electrons. The number of nitrogens with zero attached hydrogens (tertiary/aromatic N) is 2. The number of para-hydroxylation sites is 1. The summed E-state index contributed by atoms with van der Waals surface area (Å²) >= 11 is 0. The Hall–Kier alpha value is -4.19. The number of furan rings is 1. The predicted octanol–water partition coefficient (Wildman–Crippen LogP) is 5.33. The molecule has 2 heterocycles. The van der Waals surface area contributed by atoms with E-state index in [0.29, 0.717) is 35.1 Å². The van der Waals surface area contributed by atoms with Crippen molar-refractivity contribution in [2.24, 2.45) is 0 Å². The number of benzene rings is 3. The van der Waals surface area contributed by atoms with Crippen LogP contribution in [0.25, 0.3) is 22.4 Å². The van der Waals surface area contributed by atoms with Crippen molar-refractivity contribution in [3.8, 4) is 11.6 Å². The third kappa shape index (κ3) is 3.46. The normalized spacial score (nSPS) is 10.9. The van der Waals surface area contributed by atoms with Crippen LogP contribution in [0.2, 0.25) is 0 Å². The third-order valence-corrected chi connectivity index (χ3v) is 4.85. The lowest BCUT2D eigenvalue weighted by molar-refractivity contribution is 0.102. The summed E-state index contributed by atoms with van der Waals surface area (Å²) in [5.41, 5.74) is 2.20. The van der Waals surface area contributed by atoms with Crippen LogP contribution in [0, 0.1) is 0 Å². The molecule has 0 aliphatic heterocycles. The van der Waals surface area contributed by atoms with Gasteiger partial charge in [0.05, 0.1) is 12.7 Å². The van der Waals surface area contributed by atoms with Crippen LogP contribution in [0.3, 0.4) is 0 Å². The number of hydrogen-bond acceptors (Lipinski definition) is 5. The summed E-state index contributed by atoms with van der Waals surface area (Å²) < 4.78 is 10.7. The lowest BCUT2D eigenvalue weighted by Crippen LogP contribution is -2.14. The van der Waals surface area contributed by atoms with E-state index in [2.05, 4.69) is 15.5 Å². The Balaban J connectivity index is 1.40. The van der Waals surface area contributed by atoms with Crippen LogP contribution in [0.15, 0.2) is 94.1 Å². The molecule has 0 aliphatic rings. The van der Waals surface area contributed by atoms with Gasteiger partial charge in [-0.3, -0.25) is 4.79 Å². The molecular weight excluding hydrogens is 378 g/mol. The van der Waals surface area contributed by atoms with E-state index in [9.17, 15) is 4.79 Å². The van der Waals surface area contributed by atoms with Gasteiger partial charge in [0.15, 0.2) is 5.76 Å². The van der Waals surface area contributed by atoms with Gasteiger partial charge in [-0.2, -0.15) is 4.98 Å². The number of carbonyl (C=O) groups is 1. The van der Waals surface area contributed by atoms with E-state index in [0.717, 1.165) is 16.3 Å². The zero-order chi connectivity index (χ0) is 20.3. The second kappa shape index (κ2) is 7.67. The molecule has 0 bridgehead atoms. The Morgan fingerprint density at radius 1 is 0.900 bits per heavy atom. The highest BCUT2D eigenvalue weighted by Crippen LogP contribution is 2.24. The summed E-state index contributed by atoms with van der Waals surface area (Å²) in [4.78, 5) is 17.4. The van der Waals surface area contributed by atoms with Crippen LogP contribution < -0.4 is 5.32 Å². The Labute approximate surface area is 172 Å². The maximum Gasteiger partial charge on any atom is 0.256 e. The van der Waals surface area contributed by atoms with Crippen LogP contribution in [-0.4, -0.2) is 16.0 Å². The van der Waals surface area contributed by atoms with Gasteiger partial charge in [-0.05, 0) is 40.6 Å². The summed E-state index contributed by atoms with van der Waals surface area (Å²) in [6.07, 6.45) is 1.95. The van der Waals surface area contributed by atoms with Gasteiger partial charge < -0.3 is 14.3 Å². The van der Waals surface area contributed by atoms with Crippen LogP contribution in [0.5, 0.6) is 0 Å². The fourth-order valence-electron chi connectivity index (χ4n) is 3.40. The van der Waals surface area contributed by atoms with Gasteiger partial charge in [0.25, 0.3) is 5.91 Å². The Morgan fingerprint density at radius 2 is 1.73 bits per heavy atom. The highest BCUT2D eigenvalue weighted by molar-refractivity contribution is 6.13. The monoisotopic (exact) mass is 395 g/mol. The summed E-state index contributed by atoms with van der Waals surface area (Å²) in [6, 6.07) is 24.7. The van der Waals surface area contributed by atoms with Gasteiger partial charge in [-0.15, -0.1) is 0 Å². The zero-order valence-corrected chi connectivity index (χ0v) is 15.9. The van der Waals surface area contributed by atoms with E-state index in [1.165, 1.54) is 0 Å². The number of hydrogen-bond donors (Lipinski definition) is 1. The van der Waals surface area contributed by atoms with Crippen LogP contribution in [0.4, 0.5) is 5.69 Å². The average molecular weight is 395 g/mol. The molecule has 0 saturated carbocycles. The summed E-state index contributed by atoms with van der Waals surface area (Å²) in [5.74, 6) is 1.21. The second-order valence-electron chi connectivity index (χ2n) is 6.80. The average Bonchev–Trinajstić information content (AvgIpc) is 3.47. The van der Waals surface area contributed by atoms with E-state index < -0.39 is 0 Å². The summed E-state index contributed by atoms with van der Waals surface area (Å²) in [6.45, 7) is 0. The molecule has 5 rings (SSSR count). The molecule has 0 saturated heterocycles. The van der Waals surface area contributed by atoms with Gasteiger partial charge >= 0.3 is 0 Å². The number of amides is 1. The first-order chi connectivity index (χ1) is 14.8. The molecule has 0 radical (unpaired) electrons. The van der Waals surface area contributed by atoms with Gasteiger partial charge in [0.1, 0.15) is 0 Å². The van der Waals surface area contributed by atoms with Crippen molar-refractivity contribution < 1.29 is 13.7 Å². The summed E-state index contributed by atoms with van der Waals surface area (Å²) in [7, 11) is 0. The van der Waals surface area contributed by atoms with Gasteiger partial charge in [0, 0.05) is 11.3 Å². The Kier molecular flexibility index (Phi) is 4.57. The van der Waals surface area contributed by atoms with Crippen molar-refractivity contribution in [2.75, 3.05) is 5.32 Å². The molecule has 30 heavy (non-hydrogen) atoms. The minimum Gasteiger partial charge on any atom is -0.461 e. The van der Waals surface area contributed by atoms with Crippen molar-refractivity contribution in [1.82, 2.24) is 10.1 Å². The topological polar surface area (TPSA) is 81.2 Å². The predicted molar refractivity (Wildman–Crippen MR) is 113 cm³/mol. The number of anilines is 1. The van der Waals surface area contributed by atoms with Crippen LogP contribution in [-0.2, 0) is 6.42 Å². The molecule has 0 unspecified atom stereocenters. The fraction of sp³-hybridized carbons (Fsp3) is 0.0417. The Morgan fingerprint density at radius 3 is 2.63 bits per heavy atom. The minimum absolute atomic E-state index is 0.166. The van der Waals surface area contributed by atoms with Gasteiger partial charge in [0.2, 0.25) is 11.7 Å². The van der Waals surface area contributed by atoms with E-state index in [1.807, 2.05) is 66.7 Å². The van der Waals surface area contributed by atoms with Crippen molar-refractivity contribution in [3.05, 3.63) is 102 Å². The smallest absolute Gasteiger partial charge is 0.256 e. The SMILES string of the molecule is O=C(Nc1ccccc1Cc1nc(-c2ccco2)no1)c1cccc2ccccc12. The van der Waals surface area contributed by atoms with E-state index >= 15 is 0 Å². The molecule has 0 atom stereocenters. The maximum absolute atomic E-state index is 13.0. The number of rotatable bonds is 5. The second-order valence-corrected chi connectivity index (χ2v) is 6.80. The third-order valence-electron chi connectivity index (χ3n) is 4.85. The largest absolute Gasteiger partial charge is 0.461 e. The van der Waals surface area contributed by atoms with E-state index in [1.54, 1.807) is 18.4 Å². The van der Waals surface area contributed by atoms with E-state index in [-0.39, 0.29) is 5.91 Å². The molecule has 0 aliphatic carbocycles. The molecule has 2 aromatic heterocycles. The maximum atomic E-state index is 13.0. The summed E-state index contributed by atoms with van der Waals surface area (Å²) in [5, 5.41) is 8.92. The van der Waals surface area contributed by atoms with Crippen molar-refractivity contribution >= 4 is 22.4 Å². The number of carbonyl (C=O) groups excluding carboxylic acids is 1. The molecule has 0 spiro atoms. The van der Waals surface area contributed by atoms with Gasteiger partial charge in [-0.1, -0.05) is 59.8 Å². The minimum atomic E-state index is -0.166. The Bertz CT molecular complexity index is 1320. The molecular formula is C24H17N3O3. The molecule has 0 fully saturated rings. The highest BCUT2D eigenvalue weighted by atomic mass is 16.5. The molecule has 5 aromatic rings. The first-order valence-corrected chi connectivity index (χ1v) is 9.51. The standard InChI is InChI=1S/C24H17N3O3/c28-24(19-11-5-9-16-7-1-3-10-18(16)19)25-20-12-4-2-8-17(20)15-22-26-23(27-30-22)21-13-6-14-29-21/h1-14H,15H2,(H,25,28). The quantitative estimate of drug-likeness (QED) is 0.435. The number of nitrogens with one attached hydrogen (secondary N) is 1. The van der Waals surface area contributed by atoms with Crippen molar-refractivity contribution in [2.45, 2.75) is 6.42 Å². The lowest BCUT2D eigenvalue weighted by atomic mass is 10.0. The van der Waals surface area contributed by atoms with E-state index in [4.69, 9.17) is 8.94 Å². The molecule has 6 heteroatoms. The fourth-order valence-corrected chi connectivity index (χ4v) is 3.40. The van der Waals surface area contributed by atoms with Crippen LogP contribution in [0.1, 0.15) is 21.8 Å². The molecule has 1 N–H and O–H groups in total. The molecule has 1 amide bonds. The molecule has 6 nitrogen and oxygen atoms in total. The molecule has 3 aromatic carbocycles. The van der Waals surface area contributed by atoms with Crippen LogP contribution >= 0.6 is 0 Å².